The van der Waals surface area contributed by atoms with Gasteiger partial charge in [0.1, 0.15) is 0 Å². The Morgan fingerprint density at radius 1 is 0.733 bits per heavy atom. The molecular formula is C8H20N4Si3. The Hall–Kier alpha value is -0.589. The summed E-state index contributed by atoms with van der Waals surface area (Å²) in [4.78, 5) is 6.53. The van der Waals surface area contributed by atoms with E-state index in [1.165, 1.54) is 0 Å². The molecule has 0 heterocycles. The van der Waals surface area contributed by atoms with Crippen LogP contribution in [-0.2, 0) is 0 Å². The van der Waals surface area contributed by atoms with Crippen molar-refractivity contribution in [2.24, 2.45) is 0 Å². The average Bonchev–Trinajstić information content (AvgIpc) is 1.99. The predicted octanol–water partition coefficient (Wildman–Crippen LogP) is 1.95. The van der Waals surface area contributed by atoms with E-state index >= 15 is 0 Å². The van der Waals surface area contributed by atoms with Crippen LogP contribution >= 0.6 is 0 Å². The Morgan fingerprint density at radius 3 is 1.13 bits per heavy atom. The summed E-state index contributed by atoms with van der Waals surface area (Å²) in [5, 5.41) is 0. The van der Waals surface area contributed by atoms with Crippen LogP contribution in [0.4, 0.5) is 0 Å². The molecule has 0 bridgehead atoms. The Labute approximate surface area is 94.2 Å². The van der Waals surface area contributed by atoms with Gasteiger partial charge in [0, 0.05) is 0 Å². The molecule has 0 fully saturated rings. The normalized spacial score (nSPS) is 12.7. The molecule has 84 valence electrons. The average molecular weight is 257 g/mol. The molecule has 4 nitrogen and oxygen atoms in total. The highest BCUT2D eigenvalue weighted by atomic mass is 29.6. The van der Waals surface area contributed by atoms with Crippen LogP contribution in [-0.4, -0.2) is 43.5 Å². The van der Waals surface area contributed by atoms with E-state index in [-0.39, 0.29) is 0 Å². The van der Waals surface area contributed by atoms with Crippen molar-refractivity contribution in [2.45, 2.75) is 39.3 Å². The molecule has 0 amide bonds. The molecule has 0 aromatic heterocycles. The van der Waals surface area contributed by atoms with Crippen LogP contribution in [0.3, 0.4) is 0 Å². The number of rotatable bonds is 4. The fourth-order valence-corrected chi connectivity index (χ4v) is 38.7. The number of nitrogens with zero attached hydrogens (tertiary/aromatic N) is 4. The predicted molar refractivity (Wildman–Crippen MR) is 71.8 cm³/mol. The minimum atomic E-state index is -2.00. The van der Waals surface area contributed by atoms with Crippen LogP contribution in [0.15, 0.2) is 0 Å². The van der Waals surface area contributed by atoms with Crippen molar-refractivity contribution in [3.8, 4) is 0 Å². The van der Waals surface area contributed by atoms with Crippen molar-refractivity contribution in [2.75, 3.05) is 0 Å². The van der Waals surface area contributed by atoms with Crippen LogP contribution in [0.5, 0.6) is 0 Å². The maximum atomic E-state index is 8.86. The number of hydrogen-bond donors (Lipinski definition) is 0. The quantitative estimate of drug-likeness (QED) is 0.319. The van der Waals surface area contributed by atoms with Gasteiger partial charge >= 0.3 is 0 Å². The van der Waals surface area contributed by atoms with Gasteiger partial charge in [-0.1, -0.05) is 39.3 Å². The molecule has 0 aliphatic rings. The van der Waals surface area contributed by atoms with Gasteiger partial charge < -0.3 is 11.1 Å². The second-order valence-electron chi connectivity index (χ2n) is 5.86. The fraction of sp³-hybridized carbons (Fsp3) is 0.750. The maximum Gasteiger partial charge on any atom is 0.281 e. The van der Waals surface area contributed by atoms with Crippen LogP contribution in [0, 0.1) is 0 Å². The lowest BCUT2D eigenvalue weighted by Crippen LogP contribution is -2.75. The van der Waals surface area contributed by atoms with Crippen LogP contribution in [0.25, 0.3) is 11.1 Å². The van der Waals surface area contributed by atoms with Gasteiger partial charge in [-0.15, -0.1) is 0 Å². The van der Waals surface area contributed by atoms with Gasteiger partial charge in [0.25, 0.3) is 7.11 Å². The molecule has 0 saturated heterocycles. The van der Waals surface area contributed by atoms with Crippen LogP contribution < -0.4 is 0 Å². The van der Waals surface area contributed by atoms with E-state index < -0.39 is 22.3 Å². The fourth-order valence-electron chi connectivity index (χ4n) is 2.12. The largest absolute Gasteiger partial charge is 0.363 e. The molecule has 0 N–H and O–H groups in total. The second kappa shape index (κ2) is 4.51. The van der Waals surface area contributed by atoms with Crippen molar-refractivity contribution < 1.29 is 9.58 Å². The third-order valence-electron chi connectivity index (χ3n) is 3.00. The first-order valence-electron chi connectivity index (χ1n) is 4.99. The van der Waals surface area contributed by atoms with Gasteiger partial charge in [0.15, 0.2) is 0 Å². The van der Waals surface area contributed by atoms with E-state index in [0.717, 1.165) is 0 Å². The molecule has 0 atom stereocenters. The molecule has 0 aromatic rings. The minimum Gasteiger partial charge on any atom is -0.363 e. The summed E-state index contributed by atoms with van der Waals surface area (Å²) < 4.78 is 0. The zero-order chi connectivity index (χ0) is 12.3. The molecule has 0 saturated carbocycles. The lowest BCUT2D eigenvalue weighted by atomic mass is 11.7. The van der Waals surface area contributed by atoms with E-state index in [9.17, 15) is 0 Å². The zero-order valence-corrected chi connectivity index (χ0v) is 13.4. The molecule has 0 aromatic carbocycles. The Morgan fingerprint density at radius 2 is 1.00 bits per heavy atom. The molecule has 0 spiro atoms. The van der Waals surface area contributed by atoms with Crippen molar-refractivity contribution in [1.82, 2.24) is 0 Å². The third kappa shape index (κ3) is 2.70. The Kier molecular flexibility index (Phi) is 4.33. The molecular weight excluding hydrogens is 236 g/mol. The molecule has 0 unspecified atom stereocenters. The molecule has 0 aliphatic carbocycles. The van der Waals surface area contributed by atoms with E-state index in [4.69, 9.17) is 11.1 Å². The molecule has 0 radical (unpaired) electrons. The monoisotopic (exact) mass is 256 g/mol. The summed E-state index contributed by atoms with van der Waals surface area (Å²) in [5.74, 6) is 3.40. The molecule has 15 heavy (non-hydrogen) atoms. The van der Waals surface area contributed by atoms with E-state index in [0.29, 0.717) is 0 Å². The van der Waals surface area contributed by atoms with E-state index in [1.807, 2.05) is 0 Å². The first-order valence-corrected chi connectivity index (χ1v) is 16.1. The van der Waals surface area contributed by atoms with Crippen molar-refractivity contribution in [3.63, 3.8) is 0 Å². The summed E-state index contributed by atoms with van der Waals surface area (Å²) >= 11 is 0. The van der Waals surface area contributed by atoms with Crippen LogP contribution in [0.1, 0.15) is 0 Å². The van der Waals surface area contributed by atoms with Gasteiger partial charge in [0.05, 0.1) is 15.2 Å². The van der Waals surface area contributed by atoms with Crippen molar-refractivity contribution in [1.29, 1.82) is 0 Å². The summed E-state index contributed by atoms with van der Waals surface area (Å²) in [6, 6.07) is 0. The zero-order valence-electron chi connectivity index (χ0n) is 10.4. The lowest BCUT2D eigenvalue weighted by molar-refractivity contribution is 0.00388. The number of hydrogen-bond acceptors (Lipinski definition) is 0. The highest BCUT2D eigenvalue weighted by molar-refractivity contribution is 7.83. The smallest absolute Gasteiger partial charge is 0.281 e. The molecule has 0 aliphatic heterocycles. The summed E-state index contributed by atoms with van der Waals surface area (Å²) in [6.07, 6.45) is 0. The maximum absolute atomic E-state index is 8.86. The minimum absolute atomic E-state index is 1.53. The van der Waals surface area contributed by atoms with Crippen molar-refractivity contribution >= 4 is 34.0 Å². The molecule has 0 rings (SSSR count). The Bertz CT molecular complexity index is 293. The van der Waals surface area contributed by atoms with Gasteiger partial charge in [-0.2, -0.15) is 9.58 Å². The van der Waals surface area contributed by atoms with Crippen molar-refractivity contribution in [3.05, 3.63) is 11.1 Å². The van der Waals surface area contributed by atoms with Crippen LogP contribution in [0.2, 0.25) is 39.3 Å². The van der Waals surface area contributed by atoms with Gasteiger partial charge in [-0.25, -0.2) is 0 Å². The summed E-state index contributed by atoms with van der Waals surface area (Å²) in [7, 11) is -5.07. The first-order chi connectivity index (χ1) is 6.62. The highest BCUT2D eigenvalue weighted by Gasteiger charge is 2.61. The SMILES string of the molecule is C[Si](C)(C)[Si](C=[N+]=[N-])(C=[N+]=[N-])[Si](C)(C)C. The second-order valence-corrected chi connectivity index (χ2v) is 32.6. The van der Waals surface area contributed by atoms with E-state index in [2.05, 4.69) is 48.9 Å². The van der Waals surface area contributed by atoms with Gasteiger partial charge in [0.2, 0.25) is 11.7 Å². The summed E-state index contributed by atoms with van der Waals surface area (Å²) in [5.41, 5.74) is 17.7. The summed E-state index contributed by atoms with van der Waals surface area (Å²) in [6.45, 7) is 13.5. The standard InChI is InChI=1S/C8H20N4Si3/c1-13(2,3)15(7-11-9,8-12-10)14(4,5)6/h7-8H,1-6H3. The van der Waals surface area contributed by atoms with E-state index in [1.54, 1.807) is 11.7 Å². The third-order valence-corrected chi connectivity index (χ3v) is 39.0. The highest BCUT2D eigenvalue weighted by Crippen LogP contribution is 2.25. The van der Waals surface area contributed by atoms with Gasteiger partial charge in [-0.3, -0.25) is 0 Å². The molecule has 7 heteroatoms. The lowest BCUT2D eigenvalue weighted by Gasteiger charge is -2.36. The Balaban J connectivity index is 5.93. The topological polar surface area (TPSA) is 72.8 Å². The van der Waals surface area contributed by atoms with Gasteiger partial charge in [-0.05, 0) is 0 Å². The first kappa shape index (κ1) is 14.4.